The van der Waals surface area contributed by atoms with E-state index in [0.717, 1.165) is 29.9 Å². The van der Waals surface area contributed by atoms with Gasteiger partial charge in [-0.05, 0) is 28.1 Å². The first-order valence-electron chi connectivity index (χ1n) is 11.8. The van der Waals surface area contributed by atoms with Gasteiger partial charge in [-0.1, -0.05) is 12.1 Å². The molecule has 38 heavy (non-hydrogen) atoms. The molecule has 0 aliphatic carbocycles. The third-order valence-electron chi connectivity index (χ3n) is 6.03. The van der Waals surface area contributed by atoms with Gasteiger partial charge in [0.15, 0.2) is 5.82 Å². The molecule has 0 atom stereocenters. The highest BCUT2D eigenvalue weighted by Gasteiger charge is 2.21. The minimum absolute atomic E-state index is 0.0611. The predicted octanol–water partition coefficient (Wildman–Crippen LogP) is 4.88. The molecule has 12 nitrogen and oxygen atoms in total. The van der Waals surface area contributed by atoms with E-state index in [9.17, 15) is 10.1 Å². The van der Waals surface area contributed by atoms with Crippen molar-refractivity contribution in [3.63, 3.8) is 0 Å². The van der Waals surface area contributed by atoms with Gasteiger partial charge in [0.05, 0.1) is 41.6 Å². The van der Waals surface area contributed by atoms with E-state index in [1.54, 1.807) is 36.2 Å². The highest BCUT2D eigenvalue weighted by Crippen LogP contribution is 2.41. The Morgan fingerprint density at radius 2 is 1.92 bits per heavy atom. The second kappa shape index (κ2) is 11.0. The van der Waals surface area contributed by atoms with Crippen molar-refractivity contribution in [3.8, 4) is 16.9 Å². The predicted molar refractivity (Wildman–Crippen MR) is 148 cm³/mol. The fourth-order valence-electron chi connectivity index (χ4n) is 4.19. The molecule has 196 valence electrons. The molecular weight excluding hydrogens is 556 g/mol. The number of morpholine rings is 1. The van der Waals surface area contributed by atoms with Gasteiger partial charge in [-0.25, -0.2) is 4.98 Å². The first-order valence-corrected chi connectivity index (χ1v) is 12.6. The number of nitrogens with one attached hydrogen (secondary N) is 2. The third-order valence-corrected chi connectivity index (χ3v) is 6.61. The molecule has 0 amide bonds. The molecule has 2 aromatic heterocycles. The number of hydrogen-bond acceptors (Lipinski definition) is 10. The van der Waals surface area contributed by atoms with Crippen molar-refractivity contribution >= 4 is 50.4 Å². The summed E-state index contributed by atoms with van der Waals surface area (Å²) in [6.07, 6.45) is 5.35. The molecule has 0 bridgehead atoms. The van der Waals surface area contributed by atoms with Gasteiger partial charge in [0.2, 0.25) is 5.95 Å². The summed E-state index contributed by atoms with van der Waals surface area (Å²) in [5, 5.41) is 22.1. The lowest BCUT2D eigenvalue weighted by Gasteiger charge is -2.31. The Hall–Kier alpha value is -4.23. The maximum Gasteiger partial charge on any atom is 0.292 e. The molecule has 13 heteroatoms. The fourth-order valence-corrected chi connectivity index (χ4v) is 4.48. The summed E-state index contributed by atoms with van der Waals surface area (Å²) < 4.78 is 13.6. The van der Waals surface area contributed by atoms with E-state index >= 15 is 0 Å². The van der Waals surface area contributed by atoms with Gasteiger partial charge in [-0.2, -0.15) is 10.1 Å². The molecule has 2 N–H and O–H groups in total. The molecule has 4 aromatic rings. The zero-order chi connectivity index (χ0) is 26.6. The molecule has 1 fully saturated rings. The van der Waals surface area contributed by atoms with Crippen molar-refractivity contribution in [2.75, 3.05) is 48.9 Å². The number of methoxy groups -OCH3 is 1. The van der Waals surface area contributed by atoms with E-state index < -0.39 is 4.92 Å². The van der Waals surface area contributed by atoms with Crippen molar-refractivity contribution in [2.24, 2.45) is 7.05 Å². The number of benzene rings is 2. The van der Waals surface area contributed by atoms with E-state index in [4.69, 9.17) is 9.47 Å². The van der Waals surface area contributed by atoms with Crippen molar-refractivity contribution in [1.82, 2.24) is 19.7 Å². The molecule has 1 saturated heterocycles. The van der Waals surface area contributed by atoms with Gasteiger partial charge in [-0.3, -0.25) is 14.8 Å². The largest absolute Gasteiger partial charge is 0.494 e. The summed E-state index contributed by atoms with van der Waals surface area (Å²) in [4.78, 5) is 22.2. The smallest absolute Gasteiger partial charge is 0.292 e. The average molecular weight is 581 g/mol. The van der Waals surface area contributed by atoms with Crippen LogP contribution in [0.3, 0.4) is 0 Å². The standard InChI is InChI=1S/C25H25BrN8O4/c1-32-15-16(13-28-32)17-11-20(23(37-2)12-22(17)33-7-9-38-10-8-33)30-25-27-14-18(26)24(31-25)29-19-5-3-4-6-21(19)34(35)36/h3-6,11-15H,7-10H2,1-2H3,(H2,27,29,30,31). The van der Waals surface area contributed by atoms with Crippen LogP contribution in [-0.2, 0) is 11.8 Å². The summed E-state index contributed by atoms with van der Waals surface area (Å²) >= 11 is 3.43. The zero-order valence-electron chi connectivity index (χ0n) is 20.7. The number of nitrogens with zero attached hydrogens (tertiary/aromatic N) is 6. The van der Waals surface area contributed by atoms with Crippen LogP contribution in [0.1, 0.15) is 0 Å². The highest BCUT2D eigenvalue weighted by atomic mass is 79.9. The average Bonchev–Trinajstić information content (AvgIpc) is 3.37. The van der Waals surface area contributed by atoms with Crippen LogP contribution in [0.15, 0.2) is 59.5 Å². The van der Waals surface area contributed by atoms with Crippen molar-refractivity contribution in [2.45, 2.75) is 0 Å². The second-order valence-electron chi connectivity index (χ2n) is 8.49. The van der Waals surface area contributed by atoms with Crippen molar-refractivity contribution in [1.29, 1.82) is 0 Å². The summed E-state index contributed by atoms with van der Waals surface area (Å²) in [7, 11) is 3.49. The minimum Gasteiger partial charge on any atom is -0.494 e. The van der Waals surface area contributed by atoms with E-state index in [-0.39, 0.29) is 11.6 Å². The van der Waals surface area contributed by atoms with Crippen molar-refractivity contribution < 1.29 is 14.4 Å². The van der Waals surface area contributed by atoms with E-state index in [2.05, 4.69) is 46.5 Å². The Balaban J connectivity index is 1.51. The Morgan fingerprint density at radius 1 is 1.13 bits per heavy atom. The number of aryl methyl sites for hydroxylation is 1. The van der Waals surface area contributed by atoms with Gasteiger partial charge in [0, 0.05) is 61.5 Å². The van der Waals surface area contributed by atoms with Crippen LogP contribution in [0, 0.1) is 10.1 Å². The molecule has 1 aliphatic rings. The quantitative estimate of drug-likeness (QED) is 0.219. The molecule has 0 unspecified atom stereocenters. The first kappa shape index (κ1) is 25.4. The van der Waals surface area contributed by atoms with Crippen LogP contribution in [0.25, 0.3) is 11.1 Å². The van der Waals surface area contributed by atoms with Crippen LogP contribution >= 0.6 is 15.9 Å². The number of para-hydroxylation sites is 2. The summed E-state index contributed by atoms with van der Waals surface area (Å²) in [6, 6.07) is 10.3. The molecule has 5 rings (SSSR count). The van der Waals surface area contributed by atoms with E-state index in [0.29, 0.717) is 40.6 Å². The number of anilines is 5. The van der Waals surface area contributed by atoms with Crippen LogP contribution in [0.2, 0.25) is 0 Å². The number of nitro groups is 1. The Morgan fingerprint density at radius 3 is 2.63 bits per heavy atom. The Kier molecular flexibility index (Phi) is 7.38. The van der Waals surface area contributed by atoms with Gasteiger partial charge in [0.1, 0.15) is 11.4 Å². The number of aromatic nitrogens is 4. The lowest BCUT2D eigenvalue weighted by Crippen LogP contribution is -2.36. The molecule has 3 heterocycles. The van der Waals surface area contributed by atoms with Gasteiger partial charge < -0.3 is 25.0 Å². The van der Waals surface area contributed by atoms with Crippen LogP contribution in [-0.4, -0.2) is 58.1 Å². The van der Waals surface area contributed by atoms with E-state index in [1.165, 1.54) is 6.07 Å². The molecular formula is C25H25BrN8O4. The molecule has 0 radical (unpaired) electrons. The summed E-state index contributed by atoms with van der Waals surface area (Å²) in [5.74, 6) is 1.26. The lowest BCUT2D eigenvalue weighted by molar-refractivity contribution is -0.383. The Bertz CT molecular complexity index is 1470. The van der Waals surface area contributed by atoms with Crippen LogP contribution in [0.4, 0.5) is 34.5 Å². The lowest BCUT2D eigenvalue weighted by atomic mass is 10.0. The van der Waals surface area contributed by atoms with Crippen LogP contribution < -0.4 is 20.3 Å². The number of nitro benzene ring substituents is 1. The monoisotopic (exact) mass is 580 g/mol. The molecule has 0 saturated carbocycles. The van der Waals surface area contributed by atoms with Gasteiger partial charge >= 0.3 is 0 Å². The SMILES string of the molecule is COc1cc(N2CCOCC2)c(-c2cnn(C)c2)cc1Nc1ncc(Br)c(Nc2ccccc2[N+](=O)[O-])n1. The second-order valence-corrected chi connectivity index (χ2v) is 9.34. The minimum atomic E-state index is -0.447. The topological polar surface area (TPSA) is 132 Å². The zero-order valence-corrected chi connectivity index (χ0v) is 22.3. The Labute approximate surface area is 226 Å². The normalized spacial score (nSPS) is 13.3. The molecule has 2 aromatic carbocycles. The summed E-state index contributed by atoms with van der Waals surface area (Å²) in [6.45, 7) is 2.83. The van der Waals surface area contributed by atoms with Gasteiger partial charge in [0.25, 0.3) is 5.69 Å². The van der Waals surface area contributed by atoms with E-state index in [1.807, 2.05) is 31.6 Å². The number of rotatable bonds is 8. The van der Waals surface area contributed by atoms with Crippen molar-refractivity contribution in [3.05, 3.63) is 69.6 Å². The maximum atomic E-state index is 11.4. The number of ether oxygens (including phenoxy) is 2. The third kappa shape index (κ3) is 5.38. The summed E-state index contributed by atoms with van der Waals surface area (Å²) in [5.41, 5.74) is 3.85. The molecule has 1 aliphatic heterocycles. The molecule has 0 spiro atoms. The maximum absolute atomic E-state index is 11.4. The highest BCUT2D eigenvalue weighted by molar-refractivity contribution is 9.10. The first-order chi connectivity index (χ1) is 18.4. The fraction of sp³-hybridized carbons (Fsp3) is 0.240. The number of hydrogen-bond donors (Lipinski definition) is 2. The van der Waals surface area contributed by atoms with Gasteiger partial charge in [-0.15, -0.1) is 0 Å². The van der Waals surface area contributed by atoms with Crippen LogP contribution in [0.5, 0.6) is 5.75 Å². The number of halogens is 1.